The van der Waals surface area contributed by atoms with Crippen molar-refractivity contribution in [3.8, 4) is 5.69 Å². The predicted octanol–water partition coefficient (Wildman–Crippen LogP) is 4.21. The molecule has 156 valence electrons. The molecule has 2 aromatic heterocycles. The number of aryl methyl sites for hydroxylation is 2. The lowest BCUT2D eigenvalue weighted by Crippen LogP contribution is -2.33. The highest BCUT2D eigenvalue weighted by Crippen LogP contribution is 2.34. The van der Waals surface area contributed by atoms with Crippen molar-refractivity contribution in [2.75, 3.05) is 18.4 Å². The first-order valence-electron chi connectivity index (χ1n) is 10.5. The van der Waals surface area contributed by atoms with E-state index < -0.39 is 0 Å². The lowest BCUT2D eigenvalue weighted by Gasteiger charge is -2.24. The van der Waals surface area contributed by atoms with Gasteiger partial charge in [0.05, 0.1) is 29.3 Å². The monoisotopic (exact) mass is 403 g/mol. The zero-order chi connectivity index (χ0) is 21.3. The van der Waals surface area contributed by atoms with Gasteiger partial charge in [0.1, 0.15) is 0 Å². The molecule has 1 aromatic carbocycles. The van der Waals surface area contributed by atoms with Gasteiger partial charge < -0.3 is 5.32 Å². The topological polar surface area (TPSA) is 63.1 Å². The summed E-state index contributed by atoms with van der Waals surface area (Å²) in [6.45, 7) is 9.50. The number of rotatable bonds is 5. The smallest absolute Gasteiger partial charge is 0.238 e. The van der Waals surface area contributed by atoms with Crippen LogP contribution in [0.1, 0.15) is 41.9 Å². The standard InChI is InChI=1S/C24H29N5O/c1-16-7-9-21(10-8-16)29-19(4)24(18(3)27-29)26-23(30)15-28-14-17(2)12-22(28)20-6-5-11-25-13-20/h5-11,13,17,22H,12,14-15H2,1-4H3,(H,26,30)/t17-,22+/m1/s1. The average molecular weight is 404 g/mol. The van der Waals surface area contributed by atoms with Crippen molar-refractivity contribution in [3.63, 3.8) is 0 Å². The maximum absolute atomic E-state index is 12.9. The van der Waals surface area contributed by atoms with Gasteiger partial charge in [0.25, 0.3) is 0 Å². The van der Waals surface area contributed by atoms with Gasteiger partial charge in [-0.05, 0) is 56.9 Å². The molecule has 2 atom stereocenters. The van der Waals surface area contributed by atoms with Gasteiger partial charge in [-0.15, -0.1) is 0 Å². The molecule has 0 aliphatic carbocycles. The van der Waals surface area contributed by atoms with E-state index in [4.69, 9.17) is 0 Å². The summed E-state index contributed by atoms with van der Waals surface area (Å²) in [6.07, 6.45) is 4.74. The van der Waals surface area contributed by atoms with Gasteiger partial charge in [0, 0.05) is 25.0 Å². The maximum atomic E-state index is 12.9. The number of nitrogens with one attached hydrogen (secondary N) is 1. The molecular formula is C24H29N5O. The van der Waals surface area contributed by atoms with Gasteiger partial charge in [0.2, 0.25) is 5.91 Å². The number of amides is 1. The van der Waals surface area contributed by atoms with Gasteiger partial charge in [-0.2, -0.15) is 5.10 Å². The van der Waals surface area contributed by atoms with Crippen LogP contribution in [-0.2, 0) is 4.79 Å². The number of carbonyl (C=O) groups is 1. The lowest BCUT2D eigenvalue weighted by atomic mass is 10.0. The largest absolute Gasteiger partial charge is 0.322 e. The van der Waals surface area contributed by atoms with Crippen molar-refractivity contribution in [1.82, 2.24) is 19.7 Å². The Morgan fingerprint density at radius 3 is 2.63 bits per heavy atom. The molecule has 4 rings (SSSR count). The van der Waals surface area contributed by atoms with Crippen LogP contribution >= 0.6 is 0 Å². The fourth-order valence-corrected chi connectivity index (χ4v) is 4.35. The van der Waals surface area contributed by atoms with E-state index in [2.05, 4.69) is 52.3 Å². The Balaban J connectivity index is 1.49. The predicted molar refractivity (Wildman–Crippen MR) is 119 cm³/mol. The van der Waals surface area contributed by atoms with Gasteiger partial charge >= 0.3 is 0 Å². The summed E-state index contributed by atoms with van der Waals surface area (Å²) < 4.78 is 1.89. The zero-order valence-corrected chi connectivity index (χ0v) is 18.1. The number of aromatic nitrogens is 3. The quantitative estimate of drug-likeness (QED) is 0.693. The Morgan fingerprint density at radius 1 is 1.17 bits per heavy atom. The number of nitrogens with zero attached hydrogens (tertiary/aromatic N) is 4. The number of hydrogen-bond acceptors (Lipinski definition) is 4. The van der Waals surface area contributed by atoms with E-state index >= 15 is 0 Å². The summed E-state index contributed by atoms with van der Waals surface area (Å²) in [5.74, 6) is 0.545. The van der Waals surface area contributed by atoms with Crippen LogP contribution in [0.3, 0.4) is 0 Å². The highest BCUT2D eigenvalue weighted by Gasteiger charge is 2.32. The van der Waals surface area contributed by atoms with E-state index in [0.717, 1.165) is 35.7 Å². The molecule has 0 radical (unpaired) electrons. The highest BCUT2D eigenvalue weighted by atomic mass is 16.2. The lowest BCUT2D eigenvalue weighted by molar-refractivity contribution is -0.117. The Labute approximate surface area is 177 Å². The molecule has 6 nitrogen and oxygen atoms in total. The maximum Gasteiger partial charge on any atom is 0.238 e. The van der Waals surface area contributed by atoms with Gasteiger partial charge in [0.15, 0.2) is 0 Å². The third-order valence-electron chi connectivity index (χ3n) is 5.86. The molecule has 0 saturated carbocycles. The van der Waals surface area contributed by atoms with Gasteiger partial charge in [-0.1, -0.05) is 30.7 Å². The minimum Gasteiger partial charge on any atom is -0.322 e. The second kappa shape index (κ2) is 8.40. The summed E-state index contributed by atoms with van der Waals surface area (Å²) in [5, 5.41) is 7.76. The minimum atomic E-state index is -0.00681. The fraction of sp³-hybridized carbons (Fsp3) is 0.375. The van der Waals surface area contributed by atoms with E-state index in [1.54, 1.807) is 6.20 Å². The Kier molecular flexibility index (Phi) is 5.68. The van der Waals surface area contributed by atoms with Crippen LogP contribution < -0.4 is 5.32 Å². The first-order valence-corrected chi connectivity index (χ1v) is 10.5. The molecule has 0 unspecified atom stereocenters. The summed E-state index contributed by atoms with van der Waals surface area (Å²) >= 11 is 0. The summed E-state index contributed by atoms with van der Waals surface area (Å²) in [7, 11) is 0. The van der Waals surface area contributed by atoms with Crippen LogP contribution in [0, 0.1) is 26.7 Å². The van der Waals surface area contributed by atoms with Crippen molar-refractivity contribution < 1.29 is 4.79 Å². The van der Waals surface area contributed by atoms with Crippen LogP contribution in [0.15, 0.2) is 48.8 Å². The molecule has 6 heteroatoms. The van der Waals surface area contributed by atoms with E-state index in [1.807, 2.05) is 42.9 Å². The normalized spacial score (nSPS) is 19.2. The molecule has 1 N–H and O–H groups in total. The van der Waals surface area contributed by atoms with Crippen molar-refractivity contribution in [3.05, 3.63) is 71.3 Å². The average Bonchev–Trinajstić information content (AvgIpc) is 3.23. The SMILES string of the molecule is Cc1ccc(-n2nc(C)c(NC(=O)CN3C[C@H](C)C[C@H]3c3cccnc3)c2C)cc1. The Hall–Kier alpha value is -2.99. The first-order chi connectivity index (χ1) is 14.4. The number of likely N-dealkylation sites (tertiary alicyclic amines) is 1. The number of benzene rings is 1. The first kappa shape index (κ1) is 20.3. The van der Waals surface area contributed by atoms with Crippen LogP contribution in [0.2, 0.25) is 0 Å². The Bertz CT molecular complexity index is 1030. The number of hydrogen-bond donors (Lipinski definition) is 1. The number of anilines is 1. The van der Waals surface area contributed by atoms with E-state index in [0.29, 0.717) is 12.5 Å². The Morgan fingerprint density at radius 2 is 1.93 bits per heavy atom. The fourth-order valence-electron chi connectivity index (χ4n) is 4.35. The molecule has 0 bridgehead atoms. The highest BCUT2D eigenvalue weighted by molar-refractivity contribution is 5.93. The third kappa shape index (κ3) is 4.14. The summed E-state index contributed by atoms with van der Waals surface area (Å²) in [5.41, 5.74) is 5.92. The summed E-state index contributed by atoms with van der Waals surface area (Å²) in [4.78, 5) is 19.5. The molecule has 3 aromatic rings. The molecule has 1 saturated heterocycles. The molecule has 1 amide bonds. The molecule has 0 spiro atoms. The van der Waals surface area contributed by atoms with Crippen molar-refractivity contribution >= 4 is 11.6 Å². The van der Waals surface area contributed by atoms with Crippen LogP contribution in [0.25, 0.3) is 5.69 Å². The minimum absolute atomic E-state index is 0.00681. The molecule has 30 heavy (non-hydrogen) atoms. The molecule has 1 fully saturated rings. The van der Waals surface area contributed by atoms with Crippen molar-refractivity contribution in [1.29, 1.82) is 0 Å². The molecular weight excluding hydrogens is 374 g/mol. The van der Waals surface area contributed by atoms with Crippen molar-refractivity contribution in [2.24, 2.45) is 5.92 Å². The second-order valence-corrected chi connectivity index (χ2v) is 8.41. The van der Waals surface area contributed by atoms with E-state index in [9.17, 15) is 4.79 Å². The van der Waals surface area contributed by atoms with Gasteiger partial charge in [-0.25, -0.2) is 4.68 Å². The van der Waals surface area contributed by atoms with E-state index in [-0.39, 0.29) is 11.9 Å². The molecule has 1 aliphatic heterocycles. The zero-order valence-electron chi connectivity index (χ0n) is 18.1. The van der Waals surface area contributed by atoms with Gasteiger partial charge in [-0.3, -0.25) is 14.7 Å². The second-order valence-electron chi connectivity index (χ2n) is 8.41. The number of pyridine rings is 1. The molecule has 1 aliphatic rings. The summed E-state index contributed by atoms with van der Waals surface area (Å²) in [6, 6.07) is 12.5. The van der Waals surface area contributed by atoms with Crippen LogP contribution in [0.4, 0.5) is 5.69 Å². The molecule has 3 heterocycles. The van der Waals surface area contributed by atoms with Crippen LogP contribution in [-0.4, -0.2) is 38.7 Å². The number of carbonyl (C=O) groups excluding carboxylic acids is 1. The van der Waals surface area contributed by atoms with Crippen LogP contribution in [0.5, 0.6) is 0 Å². The van der Waals surface area contributed by atoms with Crippen molar-refractivity contribution in [2.45, 2.75) is 40.2 Å². The third-order valence-corrected chi connectivity index (χ3v) is 5.86. The van der Waals surface area contributed by atoms with E-state index in [1.165, 1.54) is 11.1 Å².